The van der Waals surface area contributed by atoms with Crippen LogP contribution in [0.1, 0.15) is 6.42 Å². The molecule has 2 aromatic heterocycles. The van der Waals surface area contributed by atoms with Gasteiger partial charge in [0.25, 0.3) is 0 Å². The smallest absolute Gasteiger partial charge is 0.245 e. The van der Waals surface area contributed by atoms with Crippen molar-refractivity contribution in [3.63, 3.8) is 0 Å². The maximum atomic E-state index is 12.9. The molecule has 0 saturated carbocycles. The summed E-state index contributed by atoms with van der Waals surface area (Å²) in [6, 6.07) is 3.37. The molecule has 4 heterocycles. The number of carbonyl (C=O) groups is 1. The van der Waals surface area contributed by atoms with E-state index in [1.54, 1.807) is 30.5 Å². The van der Waals surface area contributed by atoms with Crippen molar-refractivity contribution >= 4 is 21.6 Å². The van der Waals surface area contributed by atoms with E-state index < -0.39 is 9.84 Å². The summed E-state index contributed by atoms with van der Waals surface area (Å²) in [7, 11) is -1.43. The molecule has 9 nitrogen and oxygen atoms in total. The van der Waals surface area contributed by atoms with Gasteiger partial charge in [-0.2, -0.15) is 10.1 Å². The minimum Gasteiger partial charge on any atom is -0.480 e. The number of nitrogens with zero attached hydrogens (tertiary/aromatic N) is 4. The molecule has 2 saturated heterocycles. The van der Waals surface area contributed by atoms with Crippen LogP contribution < -0.4 is 9.64 Å². The molecule has 27 heavy (non-hydrogen) atoms. The fraction of sp³-hybridized carbons (Fsp3) is 0.471. The molecule has 144 valence electrons. The van der Waals surface area contributed by atoms with E-state index in [1.807, 2.05) is 11.0 Å². The van der Waals surface area contributed by atoms with E-state index in [9.17, 15) is 13.2 Å². The Morgan fingerprint density at radius 1 is 1.22 bits per heavy atom. The van der Waals surface area contributed by atoms with Crippen LogP contribution in [0.3, 0.4) is 0 Å². The Balaban J connectivity index is 1.53. The molecule has 2 aromatic rings. The Kier molecular flexibility index (Phi) is 4.60. The number of sulfone groups is 1. The quantitative estimate of drug-likeness (QED) is 0.799. The number of H-pyrrole nitrogens is 1. The van der Waals surface area contributed by atoms with Crippen LogP contribution in [-0.4, -0.2) is 78.7 Å². The van der Waals surface area contributed by atoms with Crippen LogP contribution in [0.5, 0.6) is 5.88 Å². The van der Waals surface area contributed by atoms with Gasteiger partial charge in [-0.3, -0.25) is 19.7 Å². The van der Waals surface area contributed by atoms with Gasteiger partial charge in [0, 0.05) is 37.0 Å². The van der Waals surface area contributed by atoms with Crippen molar-refractivity contribution in [1.29, 1.82) is 0 Å². The van der Waals surface area contributed by atoms with E-state index >= 15 is 0 Å². The second-order valence-corrected chi connectivity index (χ2v) is 9.00. The lowest BCUT2D eigenvalue weighted by Gasteiger charge is -2.30. The highest BCUT2D eigenvalue weighted by Crippen LogP contribution is 2.32. The first-order chi connectivity index (χ1) is 13.0. The maximum Gasteiger partial charge on any atom is 0.245 e. The summed E-state index contributed by atoms with van der Waals surface area (Å²) in [4.78, 5) is 21.0. The maximum absolute atomic E-state index is 12.9. The van der Waals surface area contributed by atoms with Crippen molar-refractivity contribution in [2.75, 3.05) is 43.1 Å². The molecule has 2 fully saturated rings. The lowest BCUT2D eigenvalue weighted by Crippen LogP contribution is -2.49. The molecular formula is C17H21N5O4S. The number of hydrogen-bond donors (Lipinski definition) is 1. The molecule has 0 radical (unpaired) electrons. The average molecular weight is 391 g/mol. The van der Waals surface area contributed by atoms with Gasteiger partial charge in [0.05, 0.1) is 30.9 Å². The van der Waals surface area contributed by atoms with Crippen LogP contribution >= 0.6 is 0 Å². The SMILES string of the molecule is COc1nc(N2CCC(N3CCS(=O)(=O)CC3)C2=O)ccc1-c1cn[nH]c1. The predicted molar refractivity (Wildman–Crippen MR) is 99.4 cm³/mol. The van der Waals surface area contributed by atoms with Crippen LogP contribution in [0.2, 0.25) is 0 Å². The van der Waals surface area contributed by atoms with Crippen LogP contribution in [0.4, 0.5) is 5.82 Å². The first-order valence-corrected chi connectivity index (χ1v) is 10.6. The zero-order valence-corrected chi connectivity index (χ0v) is 15.8. The van der Waals surface area contributed by atoms with Crippen molar-refractivity contribution in [2.45, 2.75) is 12.5 Å². The third kappa shape index (κ3) is 3.42. The number of anilines is 1. The predicted octanol–water partition coefficient (Wildman–Crippen LogP) is 0.316. The number of ether oxygens (including phenoxy) is 1. The molecule has 1 unspecified atom stereocenters. The summed E-state index contributed by atoms with van der Waals surface area (Å²) in [5.41, 5.74) is 1.64. The zero-order valence-electron chi connectivity index (χ0n) is 15.0. The fourth-order valence-electron chi connectivity index (χ4n) is 3.62. The topological polar surface area (TPSA) is 108 Å². The number of rotatable bonds is 4. The highest BCUT2D eigenvalue weighted by Gasteiger charge is 2.39. The molecule has 0 bridgehead atoms. The largest absolute Gasteiger partial charge is 0.480 e. The summed E-state index contributed by atoms with van der Waals surface area (Å²) < 4.78 is 28.7. The zero-order chi connectivity index (χ0) is 19.0. The number of pyridine rings is 1. The minimum atomic E-state index is -2.97. The van der Waals surface area contributed by atoms with Gasteiger partial charge < -0.3 is 4.74 Å². The van der Waals surface area contributed by atoms with Crippen molar-refractivity contribution in [3.8, 4) is 17.0 Å². The van der Waals surface area contributed by atoms with Gasteiger partial charge >= 0.3 is 0 Å². The second kappa shape index (κ2) is 6.93. The Bertz CT molecular complexity index is 930. The van der Waals surface area contributed by atoms with Gasteiger partial charge in [0.1, 0.15) is 5.82 Å². The van der Waals surface area contributed by atoms with Crippen LogP contribution in [0.15, 0.2) is 24.5 Å². The lowest BCUT2D eigenvalue weighted by molar-refractivity contribution is -0.121. The standard InChI is InChI=1S/C17H21N5O4S/c1-26-16-13(12-10-18-19-11-12)2-3-15(20-16)22-5-4-14(17(22)23)21-6-8-27(24,25)9-7-21/h2-3,10-11,14H,4-9H2,1H3,(H,18,19). The minimum absolute atomic E-state index is 0.0417. The average Bonchev–Trinajstić information content (AvgIpc) is 3.31. The van der Waals surface area contributed by atoms with Gasteiger partial charge in [-0.25, -0.2) is 8.42 Å². The van der Waals surface area contributed by atoms with Crippen LogP contribution in [0, 0.1) is 0 Å². The summed E-state index contributed by atoms with van der Waals surface area (Å²) >= 11 is 0. The summed E-state index contributed by atoms with van der Waals surface area (Å²) in [5, 5.41) is 6.69. The van der Waals surface area contributed by atoms with Crippen LogP contribution in [-0.2, 0) is 14.6 Å². The number of aromatic nitrogens is 3. The first-order valence-electron chi connectivity index (χ1n) is 8.78. The van der Waals surface area contributed by atoms with E-state index in [0.717, 1.165) is 11.1 Å². The highest BCUT2D eigenvalue weighted by atomic mass is 32.2. The molecule has 10 heteroatoms. The summed E-state index contributed by atoms with van der Waals surface area (Å²) in [6.07, 6.45) is 4.09. The molecule has 0 aromatic carbocycles. The molecular weight excluding hydrogens is 370 g/mol. The third-order valence-corrected chi connectivity index (χ3v) is 6.73. The number of hydrogen-bond acceptors (Lipinski definition) is 7. The van der Waals surface area contributed by atoms with E-state index in [4.69, 9.17) is 4.74 Å². The van der Waals surface area contributed by atoms with Gasteiger partial charge in [-0.15, -0.1) is 0 Å². The number of nitrogens with one attached hydrogen (secondary N) is 1. The van der Waals surface area contributed by atoms with Gasteiger partial charge in [0.15, 0.2) is 9.84 Å². The van der Waals surface area contributed by atoms with Crippen LogP contribution in [0.25, 0.3) is 11.1 Å². The molecule has 2 aliphatic rings. The third-order valence-electron chi connectivity index (χ3n) is 5.12. The van der Waals surface area contributed by atoms with E-state index in [2.05, 4.69) is 15.2 Å². The molecule has 1 N–H and O–H groups in total. The monoisotopic (exact) mass is 391 g/mol. The Morgan fingerprint density at radius 3 is 2.67 bits per heavy atom. The Hall–Kier alpha value is -2.46. The molecule has 4 rings (SSSR count). The van der Waals surface area contributed by atoms with Gasteiger partial charge in [-0.1, -0.05) is 0 Å². The second-order valence-electron chi connectivity index (χ2n) is 6.70. The molecule has 1 amide bonds. The van der Waals surface area contributed by atoms with Crippen molar-refractivity contribution in [3.05, 3.63) is 24.5 Å². The molecule has 1 atom stereocenters. The fourth-order valence-corrected chi connectivity index (χ4v) is 4.85. The number of carbonyl (C=O) groups excluding carboxylic acids is 1. The lowest BCUT2D eigenvalue weighted by atomic mass is 10.1. The number of methoxy groups -OCH3 is 1. The number of aromatic amines is 1. The Morgan fingerprint density at radius 2 is 2.00 bits per heavy atom. The van der Waals surface area contributed by atoms with E-state index in [-0.39, 0.29) is 23.5 Å². The van der Waals surface area contributed by atoms with E-state index in [1.165, 1.54) is 0 Å². The van der Waals surface area contributed by atoms with Crippen molar-refractivity contribution in [2.24, 2.45) is 0 Å². The van der Waals surface area contributed by atoms with Gasteiger partial charge in [-0.05, 0) is 18.6 Å². The highest BCUT2D eigenvalue weighted by molar-refractivity contribution is 7.91. The van der Waals surface area contributed by atoms with Crippen molar-refractivity contribution in [1.82, 2.24) is 20.1 Å². The van der Waals surface area contributed by atoms with Crippen molar-refractivity contribution < 1.29 is 17.9 Å². The first kappa shape index (κ1) is 17.9. The van der Waals surface area contributed by atoms with E-state index in [0.29, 0.717) is 37.8 Å². The molecule has 0 spiro atoms. The number of amides is 1. The molecule has 0 aliphatic carbocycles. The summed E-state index contributed by atoms with van der Waals surface area (Å²) in [6.45, 7) is 1.36. The Labute approximate surface area is 157 Å². The normalized spacial score (nSPS) is 22.9. The van der Waals surface area contributed by atoms with Gasteiger partial charge in [0.2, 0.25) is 11.8 Å². The summed E-state index contributed by atoms with van der Waals surface area (Å²) in [5.74, 6) is 1.15. The molecule has 2 aliphatic heterocycles.